The summed E-state index contributed by atoms with van der Waals surface area (Å²) < 4.78 is 0. The van der Waals surface area contributed by atoms with Gasteiger partial charge in [0.1, 0.15) is 6.29 Å². The van der Waals surface area contributed by atoms with Gasteiger partial charge in [0.2, 0.25) is 0 Å². The van der Waals surface area contributed by atoms with E-state index in [0.29, 0.717) is 10.6 Å². The number of carbonyl (C=O) groups is 1. The summed E-state index contributed by atoms with van der Waals surface area (Å²) in [5, 5.41) is 0.626. The van der Waals surface area contributed by atoms with Crippen molar-refractivity contribution in [3.8, 4) is 11.1 Å². The molecule has 0 heterocycles. The number of rotatable bonds is 3. The van der Waals surface area contributed by atoms with Crippen LogP contribution in [0.1, 0.15) is 41.1 Å². The molecule has 1 aliphatic carbocycles. The molecule has 0 unspecified atom stereocenters. The van der Waals surface area contributed by atoms with Crippen molar-refractivity contribution in [1.29, 1.82) is 0 Å². The molecule has 0 atom stereocenters. The van der Waals surface area contributed by atoms with Crippen LogP contribution in [0, 0.1) is 0 Å². The first-order valence-electron chi connectivity index (χ1n) is 6.63. The lowest BCUT2D eigenvalue weighted by Crippen LogP contribution is -2.08. The Morgan fingerprint density at radius 3 is 2.32 bits per heavy atom. The van der Waals surface area contributed by atoms with Crippen LogP contribution in [0.3, 0.4) is 0 Å². The van der Waals surface area contributed by atoms with Crippen LogP contribution < -0.4 is 0 Å². The summed E-state index contributed by atoms with van der Waals surface area (Å²) in [5.74, 6) is 0.752. The van der Waals surface area contributed by atoms with Crippen LogP contribution in [0.5, 0.6) is 0 Å². The molecule has 0 spiro atoms. The van der Waals surface area contributed by atoms with Crippen molar-refractivity contribution in [3.63, 3.8) is 0 Å². The van der Waals surface area contributed by atoms with E-state index in [9.17, 15) is 4.79 Å². The highest BCUT2D eigenvalue weighted by Crippen LogP contribution is 2.37. The Balaban J connectivity index is 1.91. The molecule has 19 heavy (non-hydrogen) atoms. The lowest BCUT2D eigenvalue weighted by Gasteiger charge is -2.25. The summed E-state index contributed by atoms with van der Waals surface area (Å²) in [6.45, 7) is 0. The van der Waals surface area contributed by atoms with Crippen molar-refractivity contribution in [1.82, 2.24) is 0 Å². The second kappa shape index (κ2) is 5.18. The van der Waals surface area contributed by atoms with Gasteiger partial charge in [-0.05, 0) is 36.0 Å². The first kappa shape index (κ1) is 12.4. The first-order valence-corrected chi connectivity index (χ1v) is 7.01. The van der Waals surface area contributed by atoms with Gasteiger partial charge in [-0.1, -0.05) is 54.4 Å². The van der Waals surface area contributed by atoms with E-state index in [2.05, 4.69) is 24.3 Å². The molecule has 1 fully saturated rings. The standard InChI is InChI=1S/C17H15ClO/c18-17-10-12(11-19)4-9-16(17)15-7-5-14(6-8-15)13-2-1-3-13/h4-11,13H,1-3H2. The van der Waals surface area contributed by atoms with Gasteiger partial charge in [0, 0.05) is 16.1 Å². The van der Waals surface area contributed by atoms with Gasteiger partial charge < -0.3 is 0 Å². The number of halogens is 1. The third-order valence-electron chi connectivity index (χ3n) is 3.93. The molecule has 2 aromatic carbocycles. The fraction of sp³-hybridized carbons (Fsp3) is 0.235. The van der Waals surface area contributed by atoms with Crippen molar-refractivity contribution >= 4 is 17.9 Å². The molecule has 3 rings (SSSR count). The molecule has 0 amide bonds. The molecule has 1 nitrogen and oxygen atoms in total. The van der Waals surface area contributed by atoms with Crippen molar-refractivity contribution in [2.45, 2.75) is 25.2 Å². The van der Waals surface area contributed by atoms with Crippen LogP contribution >= 0.6 is 11.6 Å². The topological polar surface area (TPSA) is 17.1 Å². The maximum Gasteiger partial charge on any atom is 0.150 e. The van der Waals surface area contributed by atoms with Crippen LogP contribution in [0.2, 0.25) is 5.02 Å². The van der Waals surface area contributed by atoms with Crippen molar-refractivity contribution in [2.75, 3.05) is 0 Å². The Hall–Kier alpha value is -1.60. The minimum atomic E-state index is 0.611. The molecule has 2 heteroatoms. The highest BCUT2D eigenvalue weighted by molar-refractivity contribution is 6.33. The van der Waals surface area contributed by atoms with E-state index in [1.807, 2.05) is 6.07 Å². The summed E-state index contributed by atoms with van der Waals surface area (Å²) >= 11 is 6.22. The maximum absolute atomic E-state index is 10.7. The van der Waals surface area contributed by atoms with E-state index in [0.717, 1.165) is 23.3 Å². The van der Waals surface area contributed by atoms with E-state index < -0.39 is 0 Å². The van der Waals surface area contributed by atoms with Crippen LogP contribution in [-0.2, 0) is 0 Å². The van der Waals surface area contributed by atoms with Crippen LogP contribution in [0.15, 0.2) is 42.5 Å². The lowest BCUT2D eigenvalue weighted by molar-refractivity contribution is 0.112. The molecular weight excluding hydrogens is 256 g/mol. The second-order valence-electron chi connectivity index (χ2n) is 5.11. The van der Waals surface area contributed by atoms with Gasteiger partial charge in [0.15, 0.2) is 0 Å². The Kier molecular flexibility index (Phi) is 3.39. The summed E-state index contributed by atoms with van der Waals surface area (Å²) in [7, 11) is 0. The molecule has 0 aromatic heterocycles. The molecule has 0 aliphatic heterocycles. The summed E-state index contributed by atoms with van der Waals surface area (Å²) in [6, 6.07) is 14.1. The first-order chi connectivity index (χ1) is 9.28. The van der Waals surface area contributed by atoms with Gasteiger partial charge in [-0.25, -0.2) is 0 Å². The predicted molar refractivity (Wildman–Crippen MR) is 78.9 cm³/mol. The van der Waals surface area contributed by atoms with Crippen molar-refractivity contribution < 1.29 is 4.79 Å². The van der Waals surface area contributed by atoms with Gasteiger partial charge >= 0.3 is 0 Å². The molecule has 1 aliphatic rings. The minimum absolute atomic E-state index is 0.611. The quantitative estimate of drug-likeness (QED) is 0.710. The number of carbonyl (C=O) groups excluding carboxylic acids is 1. The SMILES string of the molecule is O=Cc1ccc(-c2ccc(C3CCC3)cc2)c(Cl)c1. The zero-order valence-corrected chi connectivity index (χ0v) is 11.4. The van der Waals surface area contributed by atoms with Crippen molar-refractivity contribution in [2.24, 2.45) is 0 Å². The van der Waals surface area contributed by atoms with E-state index in [1.165, 1.54) is 24.8 Å². The van der Waals surface area contributed by atoms with Gasteiger partial charge in [-0.2, -0.15) is 0 Å². The molecule has 1 saturated carbocycles. The molecule has 96 valence electrons. The van der Waals surface area contributed by atoms with E-state index in [4.69, 9.17) is 11.6 Å². The Labute approximate surface area is 118 Å². The Morgan fingerprint density at radius 1 is 1.05 bits per heavy atom. The minimum Gasteiger partial charge on any atom is -0.298 e. The number of hydrogen-bond acceptors (Lipinski definition) is 1. The molecule has 2 aromatic rings. The largest absolute Gasteiger partial charge is 0.298 e. The molecule has 0 radical (unpaired) electrons. The molecule has 0 N–H and O–H groups in total. The molecular formula is C17H15ClO. The summed E-state index contributed by atoms with van der Waals surface area (Å²) in [4.78, 5) is 10.7. The number of benzene rings is 2. The normalized spacial score (nSPS) is 15.0. The second-order valence-corrected chi connectivity index (χ2v) is 5.51. The van der Waals surface area contributed by atoms with Crippen LogP contribution in [-0.4, -0.2) is 6.29 Å². The summed E-state index contributed by atoms with van der Waals surface area (Å²) in [6.07, 6.45) is 4.79. The van der Waals surface area contributed by atoms with Gasteiger partial charge in [0.25, 0.3) is 0 Å². The van der Waals surface area contributed by atoms with Crippen molar-refractivity contribution in [3.05, 3.63) is 58.6 Å². The monoisotopic (exact) mass is 270 g/mol. The number of aldehydes is 1. The van der Waals surface area contributed by atoms with Crippen LogP contribution in [0.25, 0.3) is 11.1 Å². The Morgan fingerprint density at radius 2 is 1.79 bits per heavy atom. The van der Waals surface area contributed by atoms with Gasteiger partial charge in [0.05, 0.1) is 0 Å². The lowest BCUT2D eigenvalue weighted by atomic mass is 9.80. The van der Waals surface area contributed by atoms with E-state index >= 15 is 0 Å². The smallest absolute Gasteiger partial charge is 0.150 e. The highest BCUT2D eigenvalue weighted by atomic mass is 35.5. The summed E-state index contributed by atoms with van der Waals surface area (Å²) in [5.41, 5.74) is 4.12. The maximum atomic E-state index is 10.7. The molecule has 0 saturated heterocycles. The van der Waals surface area contributed by atoms with Crippen LogP contribution in [0.4, 0.5) is 0 Å². The third-order valence-corrected chi connectivity index (χ3v) is 4.24. The van der Waals surface area contributed by atoms with Gasteiger partial charge in [-0.15, -0.1) is 0 Å². The fourth-order valence-corrected chi connectivity index (χ4v) is 2.81. The number of hydrogen-bond donors (Lipinski definition) is 0. The third kappa shape index (κ3) is 2.43. The fourth-order valence-electron chi connectivity index (χ4n) is 2.52. The van der Waals surface area contributed by atoms with E-state index in [1.54, 1.807) is 12.1 Å². The average Bonchev–Trinajstić information content (AvgIpc) is 2.38. The van der Waals surface area contributed by atoms with Gasteiger partial charge in [-0.3, -0.25) is 4.79 Å². The highest BCUT2D eigenvalue weighted by Gasteiger charge is 2.19. The average molecular weight is 271 g/mol. The zero-order valence-electron chi connectivity index (χ0n) is 10.6. The van der Waals surface area contributed by atoms with E-state index in [-0.39, 0.29) is 0 Å². The zero-order chi connectivity index (χ0) is 13.2. The molecule has 0 bridgehead atoms. The predicted octanol–water partition coefficient (Wildman–Crippen LogP) is 5.09. The Bertz CT molecular complexity index is 597.